The molecule has 2 aromatic rings. The van der Waals surface area contributed by atoms with Gasteiger partial charge in [-0.25, -0.2) is 18.2 Å². The second kappa shape index (κ2) is 9.36. The zero-order valence-electron chi connectivity index (χ0n) is 17.1. The molecule has 0 atom stereocenters. The van der Waals surface area contributed by atoms with Crippen LogP contribution in [0.25, 0.3) is 0 Å². The summed E-state index contributed by atoms with van der Waals surface area (Å²) in [6.45, 7) is 5.25. The average Bonchev–Trinajstić information content (AvgIpc) is 3.01. The van der Waals surface area contributed by atoms with Gasteiger partial charge in [-0.2, -0.15) is 4.31 Å². The highest BCUT2D eigenvalue weighted by Crippen LogP contribution is 2.21. The third-order valence-corrected chi connectivity index (χ3v) is 6.81. The van der Waals surface area contributed by atoms with Crippen LogP contribution in [0.4, 0.5) is 5.82 Å². The van der Waals surface area contributed by atoms with Gasteiger partial charge in [-0.1, -0.05) is 12.1 Å². The molecule has 0 unspecified atom stereocenters. The van der Waals surface area contributed by atoms with E-state index in [1.807, 2.05) is 4.90 Å². The van der Waals surface area contributed by atoms with E-state index in [1.54, 1.807) is 31.2 Å². The molecular formula is C21H25N3O5S. The highest BCUT2D eigenvalue weighted by Gasteiger charge is 2.27. The number of aromatic nitrogens is 1. The number of hydrogen-bond donors (Lipinski definition) is 0. The van der Waals surface area contributed by atoms with Gasteiger partial charge in [-0.15, -0.1) is 0 Å². The molecule has 3 rings (SSSR count). The number of carbonyl (C=O) groups is 2. The fourth-order valence-corrected chi connectivity index (χ4v) is 4.81. The van der Waals surface area contributed by atoms with Crippen molar-refractivity contribution in [1.82, 2.24) is 9.29 Å². The molecule has 30 heavy (non-hydrogen) atoms. The van der Waals surface area contributed by atoms with E-state index in [4.69, 9.17) is 4.74 Å². The molecular weight excluding hydrogens is 406 g/mol. The standard InChI is InChI=1S/C21H25N3O5S/c1-3-29-21(26)18-8-9-20(22-15-18)23-10-5-11-24(13-12-23)30(27,28)19-7-4-6-17(14-19)16(2)25/h4,6-9,14-15H,3,5,10-13H2,1-2H3. The lowest BCUT2D eigenvalue weighted by Crippen LogP contribution is -2.35. The molecule has 0 N–H and O–H groups in total. The highest BCUT2D eigenvalue weighted by atomic mass is 32.2. The number of sulfonamides is 1. The summed E-state index contributed by atoms with van der Waals surface area (Å²) in [5.74, 6) is 0.0878. The number of hydrogen-bond acceptors (Lipinski definition) is 7. The minimum atomic E-state index is -3.70. The molecule has 0 spiro atoms. The zero-order chi connectivity index (χ0) is 21.7. The Kier molecular flexibility index (Phi) is 6.84. The number of carbonyl (C=O) groups excluding carboxylic acids is 2. The molecule has 160 valence electrons. The smallest absolute Gasteiger partial charge is 0.339 e. The highest BCUT2D eigenvalue weighted by molar-refractivity contribution is 7.89. The molecule has 1 aliphatic heterocycles. The zero-order valence-corrected chi connectivity index (χ0v) is 17.9. The van der Waals surface area contributed by atoms with Gasteiger partial charge in [0.05, 0.1) is 17.1 Å². The van der Waals surface area contributed by atoms with Crippen molar-refractivity contribution < 1.29 is 22.7 Å². The third-order valence-electron chi connectivity index (χ3n) is 4.92. The molecule has 1 aliphatic rings. The predicted octanol–water partition coefficient (Wildman–Crippen LogP) is 2.36. The maximum absolute atomic E-state index is 13.1. The van der Waals surface area contributed by atoms with E-state index in [-0.39, 0.29) is 10.7 Å². The molecule has 0 saturated carbocycles. The molecule has 2 heterocycles. The van der Waals surface area contributed by atoms with Crippen molar-refractivity contribution in [2.24, 2.45) is 0 Å². The number of esters is 1. The summed E-state index contributed by atoms with van der Waals surface area (Å²) in [6.07, 6.45) is 2.10. The summed E-state index contributed by atoms with van der Waals surface area (Å²) in [4.78, 5) is 29.8. The Morgan fingerprint density at radius 2 is 1.87 bits per heavy atom. The Hall–Kier alpha value is -2.78. The Morgan fingerprint density at radius 1 is 1.07 bits per heavy atom. The van der Waals surface area contributed by atoms with Crippen LogP contribution >= 0.6 is 0 Å². The number of ketones is 1. The number of ether oxygens (including phenoxy) is 1. The van der Waals surface area contributed by atoms with Crippen LogP contribution in [0.2, 0.25) is 0 Å². The Morgan fingerprint density at radius 3 is 2.53 bits per heavy atom. The number of benzene rings is 1. The van der Waals surface area contributed by atoms with Crippen LogP contribution in [0, 0.1) is 0 Å². The van der Waals surface area contributed by atoms with Gasteiger partial charge in [0.2, 0.25) is 10.0 Å². The Labute approximate surface area is 176 Å². The maximum atomic E-state index is 13.1. The number of anilines is 1. The first-order valence-electron chi connectivity index (χ1n) is 9.82. The second-order valence-electron chi connectivity index (χ2n) is 6.95. The van der Waals surface area contributed by atoms with Crippen molar-refractivity contribution in [3.8, 4) is 0 Å². The molecule has 1 saturated heterocycles. The van der Waals surface area contributed by atoms with Crippen molar-refractivity contribution in [3.05, 3.63) is 53.7 Å². The topological polar surface area (TPSA) is 96.9 Å². The summed E-state index contributed by atoms with van der Waals surface area (Å²) in [5.41, 5.74) is 0.753. The van der Waals surface area contributed by atoms with Crippen molar-refractivity contribution in [2.45, 2.75) is 25.2 Å². The SMILES string of the molecule is CCOC(=O)c1ccc(N2CCCN(S(=O)(=O)c3cccc(C(C)=O)c3)CC2)nc1. The minimum absolute atomic E-state index is 0.126. The Bertz CT molecular complexity index is 1020. The van der Waals surface area contributed by atoms with Gasteiger partial charge in [-0.05, 0) is 44.5 Å². The third kappa shape index (κ3) is 4.85. The van der Waals surface area contributed by atoms with Gasteiger partial charge in [0, 0.05) is 37.9 Å². The monoisotopic (exact) mass is 431 g/mol. The largest absolute Gasteiger partial charge is 0.462 e. The fourth-order valence-electron chi connectivity index (χ4n) is 3.30. The van der Waals surface area contributed by atoms with Gasteiger partial charge in [0.15, 0.2) is 5.78 Å². The number of rotatable bonds is 6. The summed E-state index contributed by atoms with van der Waals surface area (Å²) >= 11 is 0. The lowest BCUT2D eigenvalue weighted by Gasteiger charge is -2.23. The molecule has 8 nitrogen and oxygen atoms in total. The summed E-state index contributed by atoms with van der Waals surface area (Å²) < 4.78 is 32.5. The summed E-state index contributed by atoms with van der Waals surface area (Å²) in [6, 6.07) is 9.54. The van der Waals surface area contributed by atoms with Crippen LogP contribution < -0.4 is 4.90 Å². The molecule has 1 aromatic heterocycles. The first kappa shape index (κ1) is 21.9. The van der Waals surface area contributed by atoms with E-state index in [0.717, 1.165) is 0 Å². The van der Waals surface area contributed by atoms with Gasteiger partial charge in [0.1, 0.15) is 5.82 Å². The first-order valence-corrected chi connectivity index (χ1v) is 11.3. The Balaban J connectivity index is 1.72. The fraction of sp³-hybridized carbons (Fsp3) is 0.381. The number of nitrogens with zero attached hydrogens (tertiary/aromatic N) is 3. The van der Waals surface area contributed by atoms with E-state index < -0.39 is 16.0 Å². The van der Waals surface area contributed by atoms with Gasteiger partial charge in [0.25, 0.3) is 0 Å². The van der Waals surface area contributed by atoms with Crippen LogP contribution in [0.15, 0.2) is 47.5 Å². The van der Waals surface area contributed by atoms with E-state index in [2.05, 4.69) is 4.98 Å². The molecule has 0 amide bonds. The summed E-state index contributed by atoms with van der Waals surface area (Å²) in [5, 5.41) is 0. The van der Waals surface area contributed by atoms with Gasteiger partial charge in [-0.3, -0.25) is 4.79 Å². The van der Waals surface area contributed by atoms with Crippen molar-refractivity contribution >= 4 is 27.6 Å². The minimum Gasteiger partial charge on any atom is -0.462 e. The summed E-state index contributed by atoms with van der Waals surface area (Å²) in [7, 11) is -3.70. The molecule has 9 heteroatoms. The van der Waals surface area contributed by atoms with E-state index in [9.17, 15) is 18.0 Å². The van der Waals surface area contributed by atoms with Crippen LogP contribution in [0.3, 0.4) is 0 Å². The molecule has 0 aliphatic carbocycles. The van der Waals surface area contributed by atoms with Crippen LogP contribution in [0.1, 0.15) is 41.0 Å². The number of Topliss-reactive ketones (excluding diaryl/α,β-unsaturated/α-hetero) is 1. The van der Waals surface area contributed by atoms with E-state index in [1.165, 1.54) is 29.6 Å². The van der Waals surface area contributed by atoms with E-state index in [0.29, 0.717) is 56.2 Å². The second-order valence-corrected chi connectivity index (χ2v) is 8.89. The van der Waals surface area contributed by atoms with Crippen LogP contribution in [-0.4, -0.2) is 62.2 Å². The van der Waals surface area contributed by atoms with Gasteiger partial charge >= 0.3 is 5.97 Å². The lowest BCUT2D eigenvalue weighted by molar-refractivity contribution is 0.0525. The van der Waals surface area contributed by atoms with Crippen molar-refractivity contribution in [2.75, 3.05) is 37.7 Å². The quantitative estimate of drug-likeness (QED) is 0.512. The average molecular weight is 432 g/mol. The molecule has 0 radical (unpaired) electrons. The lowest BCUT2D eigenvalue weighted by atomic mass is 10.2. The predicted molar refractivity (Wildman–Crippen MR) is 112 cm³/mol. The molecule has 1 fully saturated rings. The molecule has 1 aromatic carbocycles. The van der Waals surface area contributed by atoms with Crippen molar-refractivity contribution in [1.29, 1.82) is 0 Å². The maximum Gasteiger partial charge on any atom is 0.339 e. The normalized spacial score (nSPS) is 15.5. The molecule has 0 bridgehead atoms. The van der Waals surface area contributed by atoms with Crippen LogP contribution in [0.5, 0.6) is 0 Å². The van der Waals surface area contributed by atoms with Crippen molar-refractivity contribution in [3.63, 3.8) is 0 Å². The first-order chi connectivity index (χ1) is 14.3. The van der Waals surface area contributed by atoms with E-state index >= 15 is 0 Å². The van der Waals surface area contributed by atoms with Crippen LogP contribution in [-0.2, 0) is 14.8 Å². The van der Waals surface area contributed by atoms with Gasteiger partial charge < -0.3 is 9.64 Å². The number of pyridine rings is 1.